The minimum atomic E-state index is 0.982. The van der Waals surface area contributed by atoms with Crippen LogP contribution in [0.1, 0.15) is 5.56 Å². The quantitative estimate of drug-likeness (QED) is 0.725. The average molecular weight is 225 g/mol. The van der Waals surface area contributed by atoms with Gasteiger partial charge in [-0.1, -0.05) is 30.3 Å². The lowest BCUT2D eigenvalue weighted by Crippen LogP contribution is -2.43. The molecule has 2 rings (SSSR count). The highest BCUT2D eigenvalue weighted by Crippen LogP contribution is 2.06. The third-order valence-electron chi connectivity index (χ3n) is 2.88. The summed E-state index contributed by atoms with van der Waals surface area (Å²) in [5.41, 5.74) is 1.42. The molecular formula is C12H17ClN2. The van der Waals surface area contributed by atoms with Gasteiger partial charge in [0.2, 0.25) is 0 Å². The van der Waals surface area contributed by atoms with Crippen molar-refractivity contribution in [3.05, 3.63) is 35.9 Å². The first-order valence-corrected chi connectivity index (χ1v) is 5.85. The predicted octanol–water partition coefficient (Wildman–Crippen LogP) is 2.00. The SMILES string of the molecule is ClN1CCN(CCc2ccccc2)CC1. The van der Waals surface area contributed by atoms with Crippen molar-refractivity contribution in [3.8, 4) is 0 Å². The van der Waals surface area contributed by atoms with Crippen LogP contribution in [0.5, 0.6) is 0 Å². The molecule has 82 valence electrons. The van der Waals surface area contributed by atoms with Gasteiger partial charge in [-0.3, -0.25) is 0 Å². The number of benzene rings is 1. The van der Waals surface area contributed by atoms with Gasteiger partial charge in [-0.15, -0.1) is 0 Å². The van der Waals surface area contributed by atoms with Crippen molar-refractivity contribution in [2.75, 3.05) is 32.7 Å². The van der Waals surface area contributed by atoms with E-state index in [0.29, 0.717) is 0 Å². The van der Waals surface area contributed by atoms with Crippen molar-refractivity contribution >= 4 is 11.8 Å². The number of hydrogen-bond acceptors (Lipinski definition) is 2. The molecule has 3 heteroatoms. The predicted molar refractivity (Wildman–Crippen MR) is 64.0 cm³/mol. The Morgan fingerprint density at radius 1 is 1.00 bits per heavy atom. The normalized spacial score (nSPS) is 19.3. The van der Waals surface area contributed by atoms with Gasteiger partial charge < -0.3 is 4.90 Å². The van der Waals surface area contributed by atoms with Crippen LogP contribution in [-0.4, -0.2) is 42.0 Å². The average Bonchev–Trinajstić information content (AvgIpc) is 2.30. The van der Waals surface area contributed by atoms with Crippen molar-refractivity contribution in [3.63, 3.8) is 0 Å². The molecule has 0 N–H and O–H groups in total. The van der Waals surface area contributed by atoms with Crippen LogP contribution in [0.4, 0.5) is 0 Å². The maximum atomic E-state index is 5.91. The van der Waals surface area contributed by atoms with E-state index in [2.05, 4.69) is 35.2 Å². The van der Waals surface area contributed by atoms with E-state index < -0.39 is 0 Å². The van der Waals surface area contributed by atoms with Crippen LogP contribution in [0.2, 0.25) is 0 Å². The van der Waals surface area contributed by atoms with E-state index in [1.54, 1.807) is 0 Å². The smallest absolute Gasteiger partial charge is 0.0267 e. The Labute approximate surface area is 96.5 Å². The van der Waals surface area contributed by atoms with Gasteiger partial charge in [-0.05, 0) is 23.8 Å². The topological polar surface area (TPSA) is 6.48 Å². The minimum Gasteiger partial charge on any atom is -0.300 e. The lowest BCUT2D eigenvalue weighted by atomic mass is 10.1. The Morgan fingerprint density at radius 2 is 1.67 bits per heavy atom. The Hall–Kier alpha value is -0.570. The highest BCUT2D eigenvalue weighted by molar-refractivity contribution is 6.13. The molecule has 0 atom stereocenters. The number of hydrogen-bond donors (Lipinski definition) is 0. The minimum absolute atomic E-state index is 0.982. The first kappa shape index (κ1) is 10.9. The lowest BCUT2D eigenvalue weighted by Gasteiger charge is -2.30. The summed E-state index contributed by atoms with van der Waals surface area (Å²) in [6.45, 7) is 5.30. The van der Waals surface area contributed by atoms with Gasteiger partial charge in [0, 0.05) is 32.7 Å². The van der Waals surface area contributed by atoms with Gasteiger partial charge in [0.1, 0.15) is 0 Å². The monoisotopic (exact) mass is 224 g/mol. The van der Waals surface area contributed by atoms with E-state index in [-0.39, 0.29) is 0 Å². The van der Waals surface area contributed by atoms with E-state index in [1.165, 1.54) is 5.56 Å². The number of piperazine rings is 1. The van der Waals surface area contributed by atoms with Crippen LogP contribution in [0.3, 0.4) is 0 Å². The maximum absolute atomic E-state index is 5.91. The van der Waals surface area contributed by atoms with Crippen molar-refractivity contribution in [2.24, 2.45) is 0 Å². The molecule has 0 unspecified atom stereocenters. The van der Waals surface area contributed by atoms with Crippen LogP contribution < -0.4 is 0 Å². The molecule has 15 heavy (non-hydrogen) atoms. The molecule has 1 fully saturated rings. The molecule has 1 aliphatic heterocycles. The maximum Gasteiger partial charge on any atom is 0.0267 e. The fraction of sp³-hybridized carbons (Fsp3) is 0.500. The molecule has 0 radical (unpaired) electrons. The van der Waals surface area contributed by atoms with Gasteiger partial charge in [-0.2, -0.15) is 0 Å². The third-order valence-corrected chi connectivity index (χ3v) is 3.22. The van der Waals surface area contributed by atoms with E-state index >= 15 is 0 Å². The van der Waals surface area contributed by atoms with Gasteiger partial charge in [0.05, 0.1) is 0 Å². The summed E-state index contributed by atoms with van der Waals surface area (Å²) < 4.78 is 1.87. The number of halogens is 1. The zero-order valence-electron chi connectivity index (χ0n) is 8.90. The summed E-state index contributed by atoms with van der Waals surface area (Å²) in [6.07, 6.45) is 1.14. The summed E-state index contributed by atoms with van der Waals surface area (Å²) in [5, 5.41) is 0. The molecular weight excluding hydrogens is 208 g/mol. The molecule has 1 aromatic rings. The van der Waals surface area contributed by atoms with Gasteiger partial charge in [-0.25, -0.2) is 4.42 Å². The molecule has 1 saturated heterocycles. The summed E-state index contributed by atoms with van der Waals surface area (Å²) in [6, 6.07) is 10.7. The molecule has 2 nitrogen and oxygen atoms in total. The zero-order valence-corrected chi connectivity index (χ0v) is 9.66. The molecule has 0 aliphatic carbocycles. The van der Waals surface area contributed by atoms with Crippen LogP contribution >= 0.6 is 11.8 Å². The second kappa shape index (κ2) is 5.50. The molecule has 0 spiro atoms. The van der Waals surface area contributed by atoms with E-state index in [4.69, 9.17) is 11.8 Å². The molecule has 1 aliphatic rings. The second-order valence-corrected chi connectivity index (χ2v) is 4.47. The van der Waals surface area contributed by atoms with Gasteiger partial charge >= 0.3 is 0 Å². The van der Waals surface area contributed by atoms with Crippen LogP contribution in [0.25, 0.3) is 0 Å². The Kier molecular flexibility index (Phi) is 4.01. The molecule has 0 saturated carbocycles. The number of rotatable bonds is 3. The standard InChI is InChI=1S/C12H17ClN2/c13-15-10-8-14(9-11-15)7-6-12-4-2-1-3-5-12/h1-5H,6-11H2. The largest absolute Gasteiger partial charge is 0.300 e. The van der Waals surface area contributed by atoms with Crippen molar-refractivity contribution in [1.82, 2.24) is 9.32 Å². The van der Waals surface area contributed by atoms with E-state index in [9.17, 15) is 0 Å². The molecule has 0 bridgehead atoms. The van der Waals surface area contributed by atoms with Gasteiger partial charge in [0.15, 0.2) is 0 Å². The second-order valence-electron chi connectivity index (χ2n) is 3.99. The summed E-state index contributed by atoms with van der Waals surface area (Å²) in [5.74, 6) is 0. The highest BCUT2D eigenvalue weighted by Gasteiger charge is 2.14. The van der Waals surface area contributed by atoms with E-state index in [0.717, 1.165) is 39.1 Å². The fourth-order valence-electron chi connectivity index (χ4n) is 1.88. The van der Waals surface area contributed by atoms with Crippen molar-refractivity contribution in [1.29, 1.82) is 0 Å². The summed E-state index contributed by atoms with van der Waals surface area (Å²) in [7, 11) is 0. The first-order chi connectivity index (χ1) is 7.34. The third kappa shape index (κ3) is 3.49. The van der Waals surface area contributed by atoms with E-state index in [1.807, 2.05) is 4.42 Å². The first-order valence-electron chi connectivity index (χ1n) is 5.51. The van der Waals surface area contributed by atoms with Gasteiger partial charge in [0.25, 0.3) is 0 Å². The van der Waals surface area contributed by atoms with Crippen LogP contribution in [0.15, 0.2) is 30.3 Å². The van der Waals surface area contributed by atoms with Crippen molar-refractivity contribution < 1.29 is 0 Å². The Bertz CT molecular complexity index is 281. The summed E-state index contributed by atoms with van der Waals surface area (Å²) in [4.78, 5) is 2.48. The molecule has 0 amide bonds. The fourth-order valence-corrected chi connectivity index (χ4v) is 2.03. The number of nitrogens with zero attached hydrogens (tertiary/aromatic N) is 2. The Balaban J connectivity index is 1.74. The van der Waals surface area contributed by atoms with Crippen LogP contribution in [0, 0.1) is 0 Å². The molecule has 1 heterocycles. The van der Waals surface area contributed by atoms with Crippen LogP contribution in [-0.2, 0) is 6.42 Å². The summed E-state index contributed by atoms with van der Waals surface area (Å²) >= 11 is 5.91. The Morgan fingerprint density at radius 3 is 2.33 bits per heavy atom. The zero-order chi connectivity index (χ0) is 10.5. The highest BCUT2D eigenvalue weighted by atomic mass is 35.5. The van der Waals surface area contributed by atoms with Crippen molar-refractivity contribution in [2.45, 2.75) is 6.42 Å². The molecule has 0 aromatic heterocycles. The molecule has 1 aromatic carbocycles. The lowest BCUT2D eigenvalue weighted by molar-refractivity contribution is 0.194.